The molecule has 1 aromatic rings. The Bertz CT molecular complexity index is 546. The largest absolute Gasteiger partial charge is 0.443 e. The first-order chi connectivity index (χ1) is 11.4. The number of piperazine rings is 1. The van der Waals surface area contributed by atoms with Crippen LogP contribution in [0.5, 0.6) is 0 Å². The van der Waals surface area contributed by atoms with Gasteiger partial charge in [-0.2, -0.15) is 0 Å². The molecule has 1 amide bonds. The van der Waals surface area contributed by atoms with Crippen molar-refractivity contribution in [2.75, 3.05) is 26.2 Å². The van der Waals surface area contributed by atoms with Crippen LogP contribution in [0.2, 0.25) is 0 Å². The van der Waals surface area contributed by atoms with Crippen LogP contribution in [-0.4, -0.2) is 54.0 Å². The number of ether oxygens (including phenoxy) is 1. The highest BCUT2D eigenvalue weighted by molar-refractivity contribution is 5.74. The highest BCUT2D eigenvalue weighted by Crippen LogP contribution is 2.19. The molecule has 0 radical (unpaired) electrons. The third-order valence-electron chi connectivity index (χ3n) is 4.37. The minimum Gasteiger partial charge on any atom is -0.443 e. The molecule has 1 aromatic carbocycles. The van der Waals surface area contributed by atoms with Crippen molar-refractivity contribution in [2.45, 2.75) is 45.8 Å². The summed E-state index contributed by atoms with van der Waals surface area (Å²) in [5.74, 6) is 0. The predicted molar refractivity (Wildman–Crippen MR) is 94.1 cm³/mol. The van der Waals surface area contributed by atoms with Gasteiger partial charge >= 0.3 is 6.09 Å². The number of aldehydes is 1. The van der Waals surface area contributed by atoms with Gasteiger partial charge in [0.25, 0.3) is 0 Å². The Morgan fingerprint density at radius 2 is 1.79 bits per heavy atom. The van der Waals surface area contributed by atoms with E-state index in [0.717, 1.165) is 38.8 Å². The Hall–Kier alpha value is -1.88. The smallest absolute Gasteiger partial charge is 0.410 e. The monoisotopic (exact) mass is 332 g/mol. The lowest BCUT2D eigenvalue weighted by Crippen LogP contribution is -2.49. The highest BCUT2D eigenvalue weighted by atomic mass is 16.6. The zero-order valence-corrected chi connectivity index (χ0v) is 15.0. The van der Waals surface area contributed by atoms with Crippen molar-refractivity contribution < 1.29 is 14.3 Å². The van der Waals surface area contributed by atoms with Gasteiger partial charge in [0.1, 0.15) is 11.9 Å². The number of benzene rings is 1. The van der Waals surface area contributed by atoms with E-state index in [1.165, 1.54) is 5.56 Å². The lowest BCUT2D eigenvalue weighted by Gasteiger charge is -2.36. The second kappa shape index (κ2) is 8.29. The molecule has 132 valence electrons. The van der Waals surface area contributed by atoms with Gasteiger partial charge in [-0.15, -0.1) is 0 Å². The summed E-state index contributed by atoms with van der Waals surface area (Å²) in [5, 5.41) is 0. The lowest BCUT2D eigenvalue weighted by atomic mass is 10.0. The number of amides is 1. The summed E-state index contributed by atoms with van der Waals surface area (Å²) in [7, 11) is 0. The van der Waals surface area contributed by atoms with Gasteiger partial charge in [-0.1, -0.05) is 37.6 Å². The van der Waals surface area contributed by atoms with E-state index in [4.69, 9.17) is 4.74 Å². The maximum absolute atomic E-state index is 12.3. The fourth-order valence-corrected chi connectivity index (χ4v) is 3.00. The Balaban J connectivity index is 1.80. The second-order valence-electron chi connectivity index (χ2n) is 7.00. The summed E-state index contributed by atoms with van der Waals surface area (Å²) in [6, 6.07) is 7.65. The molecule has 0 aromatic heterocycles. The van der Waals surface area contributed by atoms with Crippen LogP contribution >= 0.6 is 0 Å². The van der Waals surface area contributed by atoms with Gasteiger partial charge < -0.3 is 9.64 Å². The average Bonchev–Trinajstić information content (AvgIpc) is 2.55. The van der Waals surface area contributed by atoms with Crippen LogP contribution < -0.4 is 0 Å². The highest BCUT2D eigenvalue weighted by Gasteiger charge is 2.27. The van der Waals surface area contributed by atoms with E-state index >= 15 is 0 Å². The van der Waals surface area contributed by atoms with Gasteiger partial charge in [-0.3, -0.25) is 9.69 Å². The van der Waals surface area contributed by atoms with E-state index in [1.54, 1.807) is 4.90 Å². The number of carbonyl (C=O) groups is 2. The molecule has 0 atom stereocenters. The lowest BCUT2D eigenvalue weighted by molar-refractivity contribution is -0.000710. The molecule has 0 unspecified atom stereocenters. The van der Waals surface area contributed by atoms with Gasteiger partial charge in [0.15, 0.2) is 0 Å². The van der Waals surface area contributed by atoms with Crippen LogP contribution in [0.1, 0.15) is 49.5 Å². The fourth-order valence-electron chi connectivity index (χ4n) is 3.00. The SMILES string of the molecule is CCCC(C)(C)OC(=O)N1CCN(Cc2ccc(C=O)cc2)CC1. The Kier molecular flexibility index (Phi) is 6.37. The third-order valence-corrected chi connectivity index (χ3v) is 4.37. The average molecular weight is 332 g/mol. The van der Waals surface area contributed by atoms with Gasteiger partial charge in [0.05, 0.1) is 0 Å². The number of nitrogens with zero attached hydrogens (tertiary/aromatic N) is 2. The van der Waals surface area contributed by atoms with Crippen molar-refractivity contribution >= 4 is 12.4 Å². The number of rotatable bonds is 6. The molecule has 5 heteroatoms. The molecule has 1 aliphatic rings. The Morgan fingerprint density at radius 3 is 2.33 bits per heavy atom. The molecule has 24 heavy (non-hydrogen) atoms. The van der Waals surface area contributed by atoms with Gasteiger partial charge in [0, 0.05) is 38.3 Å². The van der Waals surface area contributed by atoms with Crippen LogP contribution in [0, 0.1) is 0 Å². The molecule has 1 aliphatic heterocycles. The topological polar surface area (TPSA) is 49.9 Å². The molecule has 0 bridgehead atoms. The van der Waals surface area contributed by atoms with E-state index in [2.05, 4.69) is 11.8 Å². The van der Waals surface area contributed by atoms with E-state index in [9.17, 15) is 9.59 Å². The first-order valence-corrected chi connectivity index (χ1v) is 8.68. The van der Waals surface area contributed by atoms with Gasteiger partial charge in [-0.05, 0) is 25.8 Å². The van der Waals surface area contributed by atoms with E-state index in [1.807, 2.05) is 38.1 Å². The number of hydrogen-bond donors (Lipinski definition) is 0. The summed E-state index contributed by atoms with van der Waals surface area (Å²) >= 11 is 0. The van der Waals surface area contributed by atoms with Gasteiger partial charge in [-0.25, -0.2) is 4.79 Å². The van der Waals surface area contributed by atoms with E-state index in [-0.39, 0.29) is 6.09 Å². The number of hydrogen-bond acceptors (Lipinski definition) is 4. The Labute approximate surface area is 144 Å². The molecule has 2 rings (SSSR count). The van der Waals surface area contributed by atoms with Crippen LogP contribution in [-0.2, 0) is 11.3 Å². The van der Waals surface area contributed by atoms with Crippen molar-refractivity contribution in [2.24, 2.45) is 0 Å². The van der Waals surface area contributed by atoms with E-state index < -0.39 is 5.60 Å². The summed E-state index contributed by atoms with van der Waals surface area (Å²) in [6.45, 7) is 9.90. The van der Waals surface area contributed by atoms with Crippen molar-refractivity contribution in [3.8, 4) is 0 Å². The normalized spacial score (nSPS) is 16.0. The van der Waals surface area contributed by atoms with Crippen molar-refractivity contribution in [3.05, 3.63) is 35.4 Å². The molecule has 1 saturated heterocycles. The quantitative estimate of drug-likeness (QED) is 0.750. The first-order valence-electron chi connectivity index (χ1n) is 8.68. The molecule has 0 spiro atoms. The first kappa shape index (κ1) is 18.5. The third kappa shape index (κ3) is 5.34. The molecule has 1 heterocycles. The fraction of sp³-hybridized carbons (Fsp3) is 0.579. The Morgan fingerprint density at radius 1 is 1.17 bits per heavy atom. The van der Waals surface area contributed by atoms with Crippen LogP contribution in [0.4, 0.5) is 4.79 Å². The van der Waals surface area contributed by atoms with Crippen LogP contribution in [0.25, 0.3) is 0 Å². The summed E-state index contributed by atoms with van der Waals surface area (Å²) in [5.41, 5.74) is 1.48. The zero-order valence-electron chi connectivity index (χ0n) is 15.0. The molecular formula is C19H28N2O3. The van der Waals surface area contributed by atoms with Crippen LogP contribution in [0.3, 0.4) is 0 Å². The van der Waals surface area contributed by atoms with Crippen LogP contribution in [0.15, 0.2) is 24.3 Å². The second-order valence-corrected chi connectivity index (χ2v) is 7.00. The summed E-state index contributed by atoms with van der Waals surface area (Å²) < 4.78 is 5.63. The zero-order chi connectivity index (χ0) is 17.6. The molecule has 0 N–H and O–H groups in total. The van der Waals surface area contributed by atoms with E-state index in [0.29, 0.717) is 18.7 Å². The summed E-state index contributed by atoms with van der Waals surface area (Å²) in [4.78, 5) is 27.1. The number of carbonyl (C=O) groups excluding carboxylic acids is 2. The van der Waals surface area contributed by atoms with Gasteiger partial charge in [0.2, 0.25) is 0 Å². The molecule has 1 fully saturated rings. The molecule has 0 saturated carbocycles. The van der Waals surface area contributed by atoms with Crippen molar-refractivity contribution in [1.82, 2.24) is 9.80 Å². The van der Waals surface area contributed by atoms with Crippen molar-refractivity contribution in [1.29, 1.82) is 0 Å². The predicted octanol–water partition coefficient (Wildman–Crippen LogP) is 3.33. The standard InChI is InChI=1S/C19H28N2O3/c1-4-9-19(2,3)24-18(23)21-12-10-20(11-13-21)14-16-5-7-17(15-22)8-6-16/h5-8,15H,4,9-14H2,1-3H3. The maximum atomic E-state index is 12.3. The molecular weight excluding hydrogens is 304 g/mol. The minimum atomic E-state index is -0.400. The van der Waals surface area contributed by atoms with Crippen molar-refractivity contribution in [3.63, 3.8) is 0 Å². The minimum absolute atomic E-state index is 0.205. The maximum Gasteiger partial charge on any atom is 0.410 e. The molecule has 0 aliphatic carbocycles. The molecule has 5 nitrogen and oxygen atoms in total. The summed E-state index contributed by atoms with van der Waals surface area (Å²) in [6.07, 6.45) is 2.52.